The summed E-state index contributed by atoms with van der Waals surface area (Å²) in [5, 5.41) is 7.31. The van der Waals surface area contributed by atoms with Gasteiger partial charge in [-0.05, 0) is 6.42 Å². The van der Waals surface area contributed by atoms with Crippen LogP contribution in [0.25, 0.3) is 11.3 Å². The second-order valence-electron chi connectivity index (χ2n) is 7.92. The van der Waals surface area contributed by atoms with Crippen molar-refractivity contribution in [1.82, 2.24) is 20.0 Å². The van der Waals surface area contributed by atoms with Gasteiger partial charge in [-0.1, -0.05) is 49.3 Å². The van der Waals surface area contributed by atoms with E-state index in [1.807, 2.05) is 42.7 Å². The van der Waals surface area contributed by atoms with Crippen LogP contribution in [0.4, 0.5) is 5.82 Å². The third-order valence-electron chi connectivity index (χ3n) is 5.37. The van der Waals surface area contributed by atoms with Crippen LogP contribution in [0.2, 0.25) is 0 Å². The van der Waals surface area contributed by atoms with Gasteiger partial charge in [0.15, 0.2) is 11.6 Å². The fourth-order valence-electron chi connectivity index (χ4n) is 3.81. The Morgan fingerprint density at radius 2 is 1.97 bits per heavy atom. The molecule has 0 aliphatic carbocycles. The van der Waals surface area contributed by atoms with Gasteiger partial charge in [0.1, 0.15) is 11.4 Å². The molecule has 3 heterocycles. The first-order valence-corrected chi connectivity index (χ1v) is 10.8. The van der Waals surface area contributed by atoms with Crippen molar-refractivity contribution < 1.29 is 14.1 Å². The Morgan fingerprint density at radius 3 is 2.71 bits per heavy atom. The van der Waals surface area contributed by atoms with Crippen LogP contribution in [0.3, 0.4) is 0 Å². The Hall–Kier alpha value is -3.13. The molecule has 1 aliphatic rings. The molecule has 1 saturated heterocycles. The van der Waals surface area contributed by atoms with E-state index in [0.717, 1.165) is 24.4 Å². The molecule has 3 aromatic rings. The minimum atomic E-state index is -0.170. The number of carbonyl (C=O) groups excluding carboxylic acids is 1. The lowest BCUT2D eigenvalue weighted by molar-refractivity contribution is 0.0951. The summed E-state index contributed by atoms with van der Waals surface area (Å²) >= 11 is 0. The molecule has 8 nitrogen and oxygen atoms in total. The van der Waals surface area contributed by atoms with Gasteiger partial charge in [0, 0.05) is 50.1 Å². The zero-order valence-corrected chi connectivity index (χ0v) is 18.1. The summed E-state index contributed by atoms with van der Waals surface area (Å²) in [6.07, 6.45) is 4.62. The van der Waals surface area contributed by atoms with Crippen molar-refractivity contribution in [3.8, 4) is 11.3 Å². The minimum Gasteiger partial charge on any atom is -0.378 e. The molecule has 1 fully saturated rings. The Morgan fingerprint density at radius 1 is 1.19 bits per heavy atom. The molecule has 1 N–H and O–H groups in total. The lowest BCUT2D eigenvalue weighted by Gasteiger charge is -2.27. The second-order valence-corrected chi connectivity index (χ2v) is 7.92. The molecule has 0 atom stereocenters. The Bertz CT molecular complexity index is 990. The van der Waals surface area contributed by atoms with Crippen molar-refractivity contribution in [3.63, 3.8) is 0 Å². The SMILES string of the molecule is CC(C)c1nccn1CCCNC(=O)c1c(N2CCOCC2)noc1-c1ccccc1. The molecule has 0 saturated carbocycles. The molecule has 1 amide bonds. The number of hydrogen-bond acceptors (Lipinski definition) is 6. The van der Waals surface area contributed by atoms with E-state index in [9.17, 15) is 4.79 Å². The van der Waals surface area contributed by atoms with Crippen molar-refractivity contribution in [3.05, 3.63) is 54.1 Å². The molecule has 4 rings (SSSR count). The van der Waals surface area contributed by atoms with Crippen LogP contribution in [0, 0.1) is 0 Å². The highest BCUT2D eigenvalue weighted by molar-refractivity contribution is 6.04. The van der Waals surface area contributed by atoms with E-state index in [0.29, 0.717) is 55.9 Å². The molecule has 1 aromatic carbocycles. The van der Waals surface area contributed by atoms with Crippen LogP contribution in [-0.4, -0.2) is 53.5 Å². The first kappa shape index (κ1) is 21.1. The fourth-order valence-corrected chi connectivity index (χ4v) is 3.81. The van der Waals surface area contributed by atoms with Crippen molar-refractivity contribution in [2.75, 3.05) is 37.7 Å². The topological polar surface area (TPSA) is 85.4 Å². The number of imidazole rings is 1. The number of aryl methyl sites for hydroxylation is 1. The monoisotopic (exact) mass is 423 g/mol. The molecule has 0 radical (unpaired) electrons. The van der Waals surface area contributed by atoms with Crippen molar-refractivity contribution in [2.45, 2.75) is 32.7 Å². The standard InChI is InChI=1S/C23H29N5O3/c1-17(2)21-24-10-12-27(21)11-6-9-25-23(29)19-20(18-7-4-3-5-8-18)31-26-22(19)28-13-15-30-16-14-28/h3-5,7-8,10,12,17H,6,9,11,13-16H2,1-2H3,(H,25,29). The van der Waals surface area contributed by atoms with Gasteiger partial charge in [-0.15, -0.1) is 0 Å². The van der Waals surface area contributed by atoms with Crippen molar-refractivity contribution >= 4 is 11.7 Å². The lowest BCUT2D eigenvalue weighted by Crippen LogP contribution is -2.38. The van der Waals surface area contributed by atoms with E-state index < -0.39 is 0 Å². The number of anilines is 1. The van der Waals surface area contributed by atoms with Crippen LogP contribution < -0.4 is 10.2 Å². The van der Waals surface area contributed by atoms with Gasteiger partial charge in [-0.3, -0.25) is 4.79 Å². The van der Waals surface area contributed by atoms with E-state index in [-0.39, 0.29) is 5.91 Å². The number of rotatable bonds is 8. The van der Waals surface area contributed by atoms with Gasteiger partial charge in [0.2, 0.25) is 0 Å². The van der Waals surface area contributed by atoms with E-state index in [4.69, 9.17) is 9.26 Å². The third-order valence-corrected chi connectivity index (χ3v) is 5.37. The molecule has 31 heavy (non-hydrogen) atoms. The van der Waals surface area contributed by atoms with Gasteiger partial charge >= 0.3 is 0 Å². The highest BCUT2D eigenvalue weighted by atomic mass is 16.5. The molecular weight excluding hydrogens is 394 g/mol. The van der Waals surface area contributed by atoms with E-state index >= 15 is 0 Å². The molecule has 0 spiro atoms. The van der Waals surface area contributed by atoms with Crippen molar-refractivity contribution in [1.29, 1.82) is 0 Å². The number of morpholine rings is 1. The highest BCUT2D eigenvalue weighted by Gasteiger charge is 2.28. The highest BCUT2D eigenvalue weighted by Crippen LogP contribution is 2.31. The average Bonchev–Trinajstić information content (AvgIpc) is 3.45. The Kier molecular flexibility index (Phi) is 6.66. The van der Waals surface area contributed by atoms with Crippen LogP contribution in [0.5, 0.6) is 0 Å². The number of carbonyl (C=O) groups is 1. The first-order valence-electron chi connectivity index (χ1n) is 10.8. The number of aromatic nitrogens is 3. The summed E-state index contributed by atoms with van der Waals surface area (Å²) in [6.45, 7) is 8.19. The maximum absolute atomic E-state index is 13.2. The number of benzene rings is 1. The van der Waals surface area contributed by atoms with Gasteiger partial charge in [-0.25, -0.2) is 4.98 Å². The summed E-state index contributed by atoms with van der Waals surface area (Å²) in [5.74, 6) is 2.33. The molecule has 8 heteroatoms. The zero-order valence-electron chi connectivity index (χ0n) is 18.1. The van der Waals surface area contributed by atoms with Crippen LogP contribution in [0.15, 0.2) is 47.2 Å². The second kappa shape index (κ2) is 9.78. The molecule has 164 valence electrons. The van der Waals surface area contributed by atoms with E-state index in [1.54, 1.807) is 0 Å². The number of nitrogens with zero attached hydrogens (tertiary/aromatic N) is 4. The average molecular weight is 424 g/mol. The maximum Gasteiger partial charge on any atom is 0.259 e. The normalized spacial score (nSPS) is 14.2. The van der Waals surface area contributed by atoms with Gasteiger partial charge in [0.05, 0.1) is 13.2 Å². The number of hydrogen-bond donors (Lipinski definition) is 1. The van der Waals surface area contributed by atoms with Gasteiger partial charge in [0.25, 0.3) is 5.91 Å². The molecule has 0 bridgehead atoms. The summed E-state index contributed by atoms with van der Waals surface area (Å²) in [6, 6.07) is 9.63. The first-order chi connectivity index (χ1) is 15.1. The summed E-state index contributed by atoms with van der Waals surface area (Å²) in [5.41, 5.74) is 1.32. The lowest BCUT2D eigenvalue weighted by atomic mass is 10.1. The van der Waals surface area contributed by atoms with Crippen LogP contribution in [0.1, 0.15) is 42.4 Å². The van der Waals surface area contributed by atoms with E-state index in [2.05, 4.69) is 38.8 Å². The quantitative estimate of drug-likeness (QED) is 0.560. The van der Waals surface area contributed by atoms with Crippen LogP contribution >= 0.6 is 0 Å². The van der Waals surface area contributed by atoms with Crippen LogP contribution in [-0.2, 0) is 11.3 Å². The number of nitrogens with one attached hydrogen (secondary N) is 1. The number of ether oxygens (including phenoxy) is 1. The molecule has 0 unspecified atom stereocenters. The molecular formula is C23H29N5O3. The Balaban J connectivity index is 1.48. The summed E-state index contributed by atoms with van der Waals surface area (Å²) in [4.78, 5) is 19.7. The number of amides is 1. The summed E-state index contributed by atoms with van der Waals surface area (Å²) in [7, 11) is 0. The van der Waals surface area contributed by atoms with Gasteiger partial charge in [-0.2, -0.15) is 0 Å². The third kappa shape index (κ3) is 4.80. The summed E-state index contributed by atoms with van der Waals surface area (Å²) < 4.78 is 13.2. The Labute approximate surface area is 182 Å². The van der Waals surface area contributed by atoms with E-state index in [1.165, 1.54) is 0 Å². The molecule has 1 aliphatic heterocycles. The predicted molar refractivity (Wildman–Crippen MR) is 118 cm³/mol. The minimum absolute atomic E-state index is 0.170. The largest absolute Gasteiger partial charge is 0.378 e. The zero-order chi connectivity index (χ0) is 21.6. The molecule has 2 aromatic heterocycles. The smallest absolute Gasteiger partial charge is 0.259 e. The predicted octanol–water partition coefficient (Wildman–Crippen LogP) is 3.32. The van der Waals surface area contributed by atoms with Gasteiger partial charge < -0.3 is 24.0 Å². The fraction of sp³-hybridized carbons (Fsp3) is 0.435. The van der Waals surface area contributed by atoms with Crippen molar-refractivity contribution in [2.24, 2.45) is 0 Å². The maximum atomic E-state index is 13.2.